The van der Waals surface area contributed by atoms with Gasteiger partial charge in [-0.15, -0.1) is 0 Å². The molecule has 138 valence electrons. The molecule has 2 aromatic carbocycles. The van der Waals surface area contributed by atoms with Gasteiger partial charge < -0.3 is 15.4 Å². The first kappa shape index (κ1) is 18.2. The van der Waals surface area contributed by atoms with Crippen molar-refractivity contribution in [3.63, 3.8) is 0 Å². The molecule has 26 heavy (non-hydrogen) atoms. The molecule has 0 radical (unpaired) electrons. The number of fused-ring (bicyclic) bond motifs is 1. The molecule has 6 heteroatoms. The molecule has 4 nitrogen and oxygen atoms in total. The molecular weight excluding hydrogens is 336 g/mol. The second-order valence-corrected chi connectivity index (χ2v) is 6.12. The van der Waals surface area contributed by atoms with Crippen molar-refractivity contribution in [2.45, 2.75) is 25.8 Å². The molecule has 0 fully saturated rings. The Morgan fingerprint density at radius 3 is 2.92 bits per heavy atom. The van der Waals surface area contributed by atoms with Crippen LogP contribution in [0, 0.1) is 11.6 Å². The number of aliphatic imine (C=N–C) groups is 1. The predicted octanol–water partition coefficient (Wildman–Crippen LogP) is 3.59. The van der Waals surface area contributed by atoms with Gasteiger partial charge in [0, 0.05) is 25.1 Å². The monoisotopic (exact) mass is 359 g/mol. The minimum atomic E-state index is -0.436. The smallest absolute Gasteiger partial charge is 0.191 e. The van der Waals surface area contributed by atoms with Crippen LogP contribution in [0.25, 0.3) is 0 Å². The van der Waals surface area contributed by atoms with Gasteiger partial charge in [0.1, 0.15) is 17.4 Å². The number of para-hydroxylation sites is 1. The summed E-state index contributed by atoms with van der Waals surface area (Å²) in [6.45, 7) is 3.70. The van der Waals surface area contributed by atoms with Crippen molar-refractivity contribution in [3.8, 4) is 5.75 Å². The first-order chi connectivity index (χ1) is 12.7. The van der Waals surface area contributed by atoms with E-state index < -0.39 is 11.6 Å². The molecule has 1 unspecified atom stereocenters. The largest absolute Gasteiger partial charge is 0.493 e. The van der Waals surface area contributed by atoms with Crippen LogP contribution < -0.4 is 15.4 Å². The Balaban J connectivity index is 1.67. The summed E-state index contributed by atoms with van der Waals surface area (Å²) in [7, 11) is 0. The molecule has 0 aromatic heterocycles. The molecule has 1 atom stereocenters. The van der Waals surface area contributed by atoms with Crippen molar-refractivity contribution in [2.24, 2.45) is 4.99 Å². The van der Waals surface area contributed by atoms with E-state index in [1.807, 2.05) is 31.2 Å². The predicted molar refractivity (Wildman–Crippen MR) is 98.5 cm³/mol. The van der Waals surface area contributed by atoms with Crippen molar-refractivity contribution in [1.29, 1.82) is 0 Å². The maximum absolute atomic E-state index is 13.7. The Morgan fingerprint density at radius 2 is 2.08 bits per heavy atom. The fourth-order valence-electron chi connectivity index (χ4n) is 3.00. The van der Waals surface area contributed by atoms with Gasteiger partial charge in [0.2, 0.25) is 0 Å². The van der Waals surface area contributed by atoms with Crippen molar-refractivity contribution in [2.75, 3.05) is 19.7 Å². The first-order valence-electron chi connectivity index (χ1n) is 8.88. The topological polar surface area (TPSA) is 45.7 Å². The molecule has 1 aliphatic heterocycles. The third-order valence-electron chi connectivity index (χ3n) is 4.27. The van der Waals surface area contributed by atoms with Crippen LogP contribution in [-0.4, -0.2) is 25.7 Å². The lowest BCUT2D eigenvalue weighted by Gasteiger charge is -2.28. The lowest BCUT2D eigenvalue weighted by atomic mass is 10.0. The van der Waals surface area contributed by atoms with Crippen LogP contribution in [-0.2, 0) is 6.42 Å². The Labute approximate surface area is 152 Å². The van der Waals surface area contributed by atoms with Gasteiger partial charge in [0.25, 0.3) is 0 Å². The third-order valence-corrected chi connectivity index (χ3v) is 4.27. The van der Waals surface area contributed by atoms with E-state index >= 15 is 0 Å². The van der Waals surface area contributed by atoms with Crippen molar-refractivity contribution < 1.29 is 13.5 Å². The van der Waals surface area contributed by atoms with Gasteiger partial charge >= 0.3 is 0 Å². The quantitative estimate of drug-likeness (QED) is 0.634. The Kier molecular flexibility index (Phi) is 6.04. The lowest BCUT2D eigenvalue weighted by Crippen LogP contribution is -2.41. The highest BCUT2D eigenvalue weighted by molar-refractivity contribution is 5.80. The summed E-state index contributed by atoms with van der Waals surface area (Å²) >= 11 is 0. The zero-order chi connectivity index (χ0) is 18.4. The average Bonchev–Trinajstić information content (AvgIpc) is 2.65. The zero-order valence-electron chi connectivity index (χ0n) is 14.8. The number of benzene rings is 2. The average molecular weight is 359 g/mol. The van der Waals surface area contributed by atoms with Gasteiger partial charge in [0.15, 0.2) is 5.96 Å². The Hall–Kier alpha value is -2.63. The molecule has 0 spiro atoms. The number of ether oxygens (including phenoxy) is 1. The van der Waals surface area contributed by atoms with Crippen LogP contribution in [0.4, 0.5) is 8.78 Å². The molecule has 1 heterocycles. The highest BCUT2D eigenvalue weighted by Gasteiger charge is 2.21. The molecule has 0 saturated heterocycles. The summed E-state index contributed by atoms with van der Waals surface area (Å²) in [4.78, 5) is 4.51. The van der Waals surface area contributed by atoms with Gasteiger partial charge in [-0.2, -0.15) is 0 Å². The van der Waals surface area contributed by atoms with Crippen LogP contribution in [0.2, 0.25) is 0 Å². The Morgan fingerprint density at radius 1 is 1.23 bits per heavy atom. The molecule has 0 bridgehead atoms. The lowest BCUT2D eigenvalue weighted by molar-refractivity contribution is 0.261. The number of rotatable bonds is 5. The summed E-state index contributed by atoms with van der Waals surface area (Å²) in [5.41, 5.74) is 1.43. The molecular formula is C20H23F2N3O. The highest BCUT2D eigenvalue weighted by atomic mass is 19.1. The Bertz CT molecular complexity index is 779. The maximum atomic E-state index is 13.7. The van der Waals surface area contributed by atoms with Crippen molar-refractivity contribution in [1.82, 2.24) is 10.6 Å². The highest BCUT2D eigenvalue weighted by Crippen LogP contribution is 2.31. The standard InChI is InChI=1S/C20H23F2N3O/c1-2-23-20(24-11-9-14-13-15(21)7-8-17(14)22)25-18-10-12-26-19-6-4-3-5-16(18)19/h3-8,13,18H,2,9-12H2,1H3,(H2,23,24,25). The minimum Gasteiger partial charge on any atom is -0.493 e. The molecule has 3 rings (SSSR count). The summed E-state index contributed by atoms with van der Waals surface area (Å²) in [5, 5.41) is 6.62. The van der Waals surface area contributed by atoms with Gasteiger partial charge in [-0.1, -0.05) is 18.2 Å². The van der Waals surface area contributed by atoms with Crippen LogP contribution in [0.5, 0.6) is 5.75 Å². The van der Waals surface area contributed by atoms with E-state index in [1.54, 1.807) is 0 Å². The van der Waals surface area contributed by atoms with E-state index in [2.05, 4.69) is 15.6 Å². The first-order valence-corrected chi connectivity index (χ1v) is 8.88. The van der Waals surface area contributed by atoms with Crippen LogP contribution >= 0.6 is 0 Å². The number of nitrogens with one attached hydrogen (secondary N) is 2. The summed E-state index contributed by atoms with van der Waals surface area (Å²) in [5.74, 6) is 0.701. The summed E-state index contributed by atoms with van der Waals surface area (Å²) in [6.07, 6.45) is 1.17. The summed E-state index contributed by atoms with van der Waals surface area (Å²) < 4.78 is 32.7. The molecule has 2 aromatic rings. The molecule has 2 N–H and O–H groups in total. The van der Waals surface area contributed by atoms with E-state index in [1.165, 1.54) is 6.07 Å². The second-order valence-electron chi connectivity index (χ2n) is 6.12. The third kappa shape index (κ3) is 4.50. The van der Waals surface area contributed by atoms with Gasteiger partial charge in [-0.3, -0.25) is 4.99 Å². The van der Waals surface area contributed by atoms with E-state index in [-0.39, 0.29) is 6.04 Å². The molecule has 0 aliphatic carbocycles. The normalized spacial score (nSPS) is 16.6. The van der Waals surface area contributed by atoms with Gasteiger partial charge in [0.05, 0.1) is 12.6 Å². The summed E-state index contributed by atoms with van der Waals surface area (Å²) in [6, 6.07) is 11.5. The van der Waals surface area contributed by atoms with E-state index in [9.17, 15) is 8.78 Å². The van der Waals surface area contributed by atoms with Crippen LogP contribution in [0.15, 0.2) is 47.5 Å². The SMILES string of the molecule is CCNC(=NCCc1cc(F)ccc1F)NC1CCOc2ccccc21. The fourth-order valence-corrected chi connectivity index (χ4v) is 3.00. The van der Waals surface area contributed by atoms with Crippen molar-refractivity contribution in [3.05, 3.63) is 65.2 Å². The van der Waals surface area contributed by atoms with Crippen LogP contribution in [0.3, 0.4) is 0 Å². The van der Waals surface area contributed by atoms with Crippen molar-refractivity contribution >= 4 is 5.96 Å². The zero-order valence-corrected chi connectivity index (χ0v) is 14.8. The van der Waals surface area contributed by atoms with E-state index in [4.69, 9.17) is 4.74 Å². The molecule has 0 amide bonds. The maximum Gasteiger partial charge on any atom is 0.191 e. The van der Waals surface area contributed by atoms with E-state index in [0.717, 1.165) is 29.9 Å². The second kappa shape index (κ2) is 8.65. The number of hydrogen-bond donors (Lipinski definition) is 2. The fraction of sp³-hybridized carbons (Fsp3) is 0.350. The number of guanidine groups is 1. The number of nitrogens with zero attached hydrogens (tertiary/aromatic N) is 1. The molecule has 1 aliphatic rings. The minimum absolute atomic E-state index is 0.101. The van der Waals surface area contributed by atoms with E-state index in [0.29, 0.717) is 37.6 Å². The molecule has 0 saturated carbocycles. The number of hydrogen-bond acceptors (Lipinski definition) is 2. The number of halogens is 2. The van der Waals surface area contributed by atoms with Gasteiger partial charge in [-0.25, -0.2) is 8.78 Å². The van der Waals surface area contributed by atoms with Gasteiger partial charge in [-0.05, 0) is 43.2 Å². The van der Waals surface area contributed by atoms with Crippen LogP contribution in [0.1, 0.15) is 30.5 Å².